The van der Waals surface area contributed by atoms with E-state index >= 15 is 0 Å². The Morgan fingerprint density at radius 2 is 1.96 bits per heavy atom. The van der Waals surface area contributed by atoms with E-state index in [1.165, 1.54) is 16.2 Å². The van der Waals surface area contributed by atoms with Crippen molar-refractivity contribution >= 4 is 45.4 Å². The molecule has 4 aliphatic rings. The summed E-state index contributed by atoms with van der Waals surface area (Å²) >= 11 is 1.50. The van der Waals surface area contributed by atoms with Gasteiger partial charge in [-0.15, -0.1) is 11.3 Å². The Morgan fingerprint density at radius 3 is 2.72 bits per heavy atom. The summed E-state index contributed by atoms with van der Waals surface area (Å²) in [5.74, 6) is -1.27. The van der Waals surface area contributed by atoms with Gasteiger partial charge >= 0.3 is 12.1 Å². The van der Waals surface area contributed by atoms with Crippen LogP contribution in [0, 0.1) is 12.8 Å². The number of carbonyl (C=O) groups is 4. The molecular formula is C34H44N4O8S. The number of aryl methyl sites for hydroxylation is 1. The van der Waals surface area contributed by atoms with Gasteiger partial charge in [0.05, 0.1) is 23.4 Å². The quantitative estimate of drug-likeness (QED) is 0.351. The fourth-order valence-electron chi connectivity index (χ4n) is 7.06. The summed E-state index contributed by atoms with van der Waals surface area (Å²) in [6.07, 6.45) is 9.74. The third kappa shape index (κ3) is 7.34. The number of hydrogen-bond donors (Lipinski definition) is 3. The molecule has 6 rings (SSSR count). The van der Waals surface area contributed by atoms with E-state index in [1.807, 2.05) is 31.4 Å². The molecule has 2 aliphatic carbocycles. The average Bonchev–Trinajstić information content (AvgIpc) is 3.40. The second-order valence-corrected chi connectivity index (χ2v) is 14.1. The monoisotopic (exact) mass is 668 g/mol. The summed E-state index contributed by atoms with van der Waals surface area (Å²) in [6.45, 7) is 4.39. The summed E-state index contributed by atoms with van der Waals surface area (Å²) in [4.78, 5) is 59.2. The van der Waals surface area contributed by atoms with Gasteiger partial charge in [0, 0.05) is 30.9 Å². The molecule has 2 aliphatic heterocycles. The molecule has 0 radical (unpaired) electrons. The molecule has 12 nitrogen and oxygen atoms in total. The van der Waals surface area contributed by atoms with Crippen LogP contribution in [0.1, 0.15) is 83.1 Å². The number of carboxylic acids is 1. The Hall–Kier alpha value is -3.87. The molecule has 47 heavy (non-hydrogen) atoms. The zero-order valence-corrected chi connectivity index (χ0v) is 27.8. The summed E-state index contributed by atoms with van der Waals surface area (Å²) in [5.41, 5.74) is 0.363. The zero-order valence-electron chi connectivity index (χ0n) is 27.0. The van der Waals surface area contributed by atoms with Crippen LogP contribution in [0.25, 0.3) is 10.2 Å². The number of rotatable bonds is 7. The predicted octanol–water partition coefficient (Wildman–Crippen LogP) is 4.87. The van der Waals surface area contributed by atoms with Crippen molar-refractivity contribution in [3.8, 4) is 11.6 Å². The number of nitrogens with one attached hydrogen (secondary N) is 2. The molecule has 0 aromatic carbocycles. The first-order valence-electron chi connectivity index (χ1n) is 16.8. The van der Waals surface area contributed by atoms with Crippen molar-refractivity contribution in [2.45, 2.75) is 114 Å². The molecule has 254 valence electrons. The first-order chi connectivity index (χ1) is 22.7. The van der Waals surface area contributed by atoms with Crippen LogP contribution in [0.15, 0.2) is 23.6 Å². The number of fused-ring (bicyclic) bond motifs is 3. The number of ether oxygens (including phenoxy) is 3. The first-order valence-corrected chi connectivity index (χ1v) is 17.7. The summed E-state index contributed by atoms with van der Waals surface area (Å²) in [5, 5.41) is 17.8. The summed E-state index contributed by atoms with van der Waals surface area (Å²) in [7, 11) is 0. The highest BCUT2D eigenvalue weighted by molar-refractivity contribution is 7.17. The summed E-state index contributed by atoms with van der Waals surface area (Å²) < 4.78 is 18.7. The second-order valence-electron chi connectivity index (χ2n) is 13.2. The number of amides is 3. The van der Waals surface area contributed by atoms with Gasteiger partial charge in [-0.3, -0.25) is 9.59 Å². The van der Waals surface area contributed by atoms with Crippen molar-refractivity contribution in [3.63, 3.8) is 0 Å². The fraction of sp³-hybridized carbons (Fsp3) is 0.618. The van der Waals surface area contributed by atoms with E-state index < -0.39 is 41.7 Å². The first kappa shape index (κ1) is 33.0. The van der Waals surface area contributed by atoms with Crippen molar-refractivity contribution in [2.75, 3.05) is 13.2 Å². The van der Waals surface area contributed by atoms with Gasteiger partial charge in [-0.1, -0.05) is 18.6 Å². The maximum atomic E-state index is 14.0. The van der Waals surface area contributed by atoms with E-state index in [0.29, 0.717) is 31.1 Å². The molecule has 4 heterocycles. The molecule has 3 N–H and O–H groups in total. The Balaban J connectivity index is 1.25. The zero-order chi connectivity index (χ0) is 33.1. The number of aromatic nitrogens is 1. The molecule has 13 heteroatoms. The molecule has 1 saturated heterocycles. The number of aliphatic carboxylic acids is 1. The maximum absolute atomic E-state index is 14.0. The smallest absolute Gasteiger partial charge is 0.407 e. The molecule has 5 atom stereocenters. The van der Waals surface area contributed by atoms with Gasteiger partial charge in [0.25, 0.3) is 0 Å². The Morgan fingerprint density at radius 1 is 1.17 bits per heavy atom. The minimum Gasteiger partial charge on any atom is -0.487 e. The number of pyridine rings is 1. The van der Waals surface area contributed by atoms with Crippen LogP contribution in [0.4, 0.5) is 4.79 Å². The second kappa shape index (κ2) is 14.1. The number of thiophene rings is 1. The predicted molar refractivity (Wildman–Crippen MR) is 175 cm³/mol. The van der Waals surface area contributed by atoms with Crippen LogP contribution in [0.5, 0.6) is 11.6 Å². The topological polar surface area (TPSA) is 156 Å². The molecule has 2 aromatic rings. The van der Waals surface area contributed by atoms with Gasteiger partial charge in [-0.05, 0) is 76.2 Å². The van der Waals surface area contributed by atoms with Crippen molar-refractivity contribution in [1.82, 2.24) is 20.5 Å². The van der Waals surface area contributed by atoms with E-state index in [2.05, 4.69) is 15.6 Å². The van der Waals surface area contributed by atoms with Gasteiger partial charge in [-0.25, -0.2) is 14.6 Å². The normalized spacial score (nSPS) is 29.2. The van der Waals surface area contributed by atoms with E-state index in [-0.39, 0.29) is 37.3 Å². The number of nitrogens with zero attached hydrogens (tertiary/aromatic N) is 2. The van der Waals surface area contributed by atoms with Crippen LogP contribution < -0.4 is 20.1 Å². The van der Waals surface area contributed by atoms with Gasteiger partial charge in [-0.2, -0.15) is 0 Å². The molecule has 2 saturated carbocycles. The van der Waals surface area contributed by atoms with E-state index in [1.54, 1.807) is 6.07 Å². The van der Waals surface area contributed by atoms with Gasteiger partial charge < -0.3 is 34.9 Å². The molecule has 0 spiro atoms. The standard InChI is InChI=1S/C34H44N4O8S/c1-3-44-27-16-26(30-29(36-27)20(2)19-47-30)45-24-15-25-31(40)37-34(32(41)42)17-21(34)10-6-4-5-7-11-22(14-28(39)38(25)18-24)35-33(43)46-23-12-8-9-13-23/h6,10,16,19,21-25H,3-5,7-9,11-15,17-18H2,1-2H3,(H,35,43)(H,37,40)(H,41,42)/b10-6-/t21-,22+,24-,25+,34-/m1/s1. The number of allylic oxidation sites excluding steroid dienone is 1. The number of carbonyl (C=O) groups excluding carboxylic acids is 3. The van der Waals surface area contributed by atoms with Gasteiger partial charge in [0.15, 0.2) is 0 Å². The molecule has 3 amide bonds. The van der Waals surface area contributed by atoms with Crippen LogP contribution >= 0.6 is 11.3 Å². The SMILES string of the molecule is CCOc1cc(O[C@@H]2C[C@H]3C(=O)N[C@]4(C(=O)O)C[C@H]4/C=C\CCCC[C@H](NC(=O)OC4CCCC4)CC(=O)N3C2)c2scc(C)c2n1. The maximum Gasteiger partial charge on any atom is 0.407 e. The highest BCUT2D eigenvalue weighted by Gasteiger charge is 2.61. The van der Waals surface area contributed by atoms with Crippen molar-refractivity contribution in [1.29, 1.82) is 0 Å². The Kier molecular flexibility index (Phi) is 9.90. The lowest BCUT2D eigenvalue weighted by Gasteiger charge is -2.27. The van der Waals surface area contributed by atoms with E-state index in [9.17, 15) is 24.3 Å². The number of hydrogen-bond acceptors (Lipinski definition) is 9. The minimum absolute atomic E-state index is 0.0170. The van der Waals surface area contributed by atoms with Crippen LogP contribution in [0.2, 0.25) is 0 Å². The minimum atomic E-state index is -1.40. The van der Waals surface area contributed by atoms with Crippen LogP contribution in [-0.4, -0.2) is 81.8 Å². The Labute approximate surface area is 278 Å². The highest BCUT2D eigenvalue weighted by Crippen LogP contribution is 2.45. The van der Waals surface area contributed by atoms with Crippen molar-refractivity contribution in [3.05, 3.63) is 29.2 Å². The van der Waals surface area contributed by atoms with Crippen LogP contribution in [-0.2, 0) is 19.1 Å². The molecule has 2 aromatic heterocycles. The Bertz CT molecular complexity index is 1540. The lowest BCUT2D eigenvalue weighted by molar-refractivity contribution is -0.145. The van der Waals surface area contributed by atoms with Crippen LogP contribution in [0.3, 0.4) is 0 Å². The number of alkyl carbamates (subject to hydrolysis) is 1. The van der Waals surface area contributed by atoms with Gasteiger partial charge in [0.2, 0.25) is 17.7 Å². The van der Waals surface area contributed by atoms with Crippen molar-refractivity contribution < 1.29 is 38.5 Å². The third-order valence-electron chi connectivity index (χ3n) is 9.72. The summed E-state index contributed by atoms with van der Waals surface area (Å²) in [6, 6.07) is 0.311. The average molecular weight is 669 g/mol. The molecule has 0 bridgehead atoms. The van der Waals surface area contributed by atoms with E-state index in [4.69, 9.17) is 14.2 Å². The molecule has 0 unspecified atom stereocenters. The lowest BCUT2D eigenvalue weighted by Crippen LogP contribution is -2.53. The van der Waals surface area contributed by atoms with Gasteiger partial charge in [0.1, 0.15) is 29.5 Å². The van der Waals surface area contributed by atoms with E-state index in [0.717, 1.165) is 60.7 Å². The number of carboxylic acid groups (broad SMARTS) is 1. The fourth-order valence-corrected chi connectivity index (χ4v) is 8.01. The lowest BCUT2D eigenvalue weighted by atomic mass is 10.0. The molecular weight excluding hydrogens is 624 g/mol. The molecule has 3 fully saturated rings. The highest BCUT2D eigenvalue weighted by atomic mass is 32.1. The largest absolute Gasteiger partial charge is 0.487 e. The third-order valence-corrected chi connectivity index (χ3v) is 10.8. The van der Waals surface area contributed by atoms with Crippen molar-refractivity contribution in [2.24, 2.45) is 5.92 Å².